The van der Waals surface area contributed by atoms with Gasteiger partial charge in [0.15, 0.2) is 28.7 Å². The molecule has 0 fully saturated rings. The van der Waals surface area contributed by atoms with Crippen molar-refractivity contribution < 1.29 is 14.4 Å². The largest absolute Gasteiger partial charge is 0.449 e. The van der Waals surface area contributed by atoms with Crippen LogP contribution in [-0.2, 0) is 0 Å². The standard InChI is InChI=1S/C12H8N2O4/c13-11-7(14(15)16)5-6-10-12(11)18-9-4-2-1-3-8(9)17-10/h1-6H,13H2. The average Bonchev–Trinajstić information content (AvgIpc) is 2.37. The van der Waals surface area contributed by atoms with Crippen LogP contribution in [0.2, 0.25) is 0 Å². The quantitative estimate of drug-likeness (QED) is 0.403. The number of hydrogen-bond donors (Lipinski definition) is 1. The minimum atomic E-state index is -0.556. The molecule has 0 aromatic heterocycles. The van der Waals surface area contributed by atoms with Crippen molar-refractivity contribution in [2.24, 2.45) is 0 Å². The first-order valence-electron chi connectivity index (χ1n) is 5.18. The number of rotatable bonds is 1. The molecule has 2 aromatic carbocycles. The van der Waals surface area contributed by atoms with Crippen molar-refractivity contribution >= 4 is 11.4 Å². The SMILES string of the molecule is Nc1c([N+](=O)[O-])ccc2c1Oc1ccccc1O2. The molecular weight excluding hydrogens is 236 g/mol. The predicted molar refractivity (Wildman–Crippen MR) is 64.1 cm³/mol. The van der Waals surface area contributed by atoms with Crippen molar-refractivity contribution in [1.82, 2.24) is 0 Å². The fraction of sp³-hybridized carbons (Fsp3) is 0. The zero-order valence-electron chi connectivity index (χ0n) is 9.12. The van der Waals surface area contributed by atoms with Crippen molar-refractivity contribution in [2.75, 3.05) is 5.73 Å². The number of nitrogens with zero attached hydrogens (tertiary/aromatic N) is 1. The number of benzene rings is 2. The molecule has 0 aliphatic carbocycles. The second-order valence-corrected chi connectivity index (χ2v) is 3.73. The number of para-hydroxylation sites is 2. The third-order valence-electron chi connectivity index (χ3n) is 2.61. The number of fused-ring (bicyclic) bond motifs is 2. The maximum atomic E-state index is 10.8. The maximum Gasteiger partial charge on any atom is 0.296 e. The predicted octanol–water partition coefficient (Wildman–Crippen LogP) is 3.08. The summed E-state index contributed by atoms with van der Waals surface area (Å²) in [5.74, 6) is 1.59. The van der Waals surface area contributed by atoms with E-state index in [4.69, 9.17) is 15.2 Å². The van der Waals surface area contributed by atoms with E-state index in [2.05, 4.69) is 0 Å². The highest BCUT2D eigenvalue weighted by Gasteiger charge is 2.26. The summed E-state index contributed by atoms with van der Waals surface area (Å²) in [6.07, 6.45) is 0. The molecule has 0 radical (unpaired) electrons. The van der Waals surface area contributed by atoms with E-state index in [0.717, 1.165) is 0 Å². The molecule has 0 saturated heterocycles. The van der Waals surface area contributed by atoms with E-state index in [1.165, 1.54) is 12.1 Å². The number of nitro groups is 1. The summed E-state index contributed by atoms with van der Waals surface area (Å²) in [6, 6.07) is 9.81. The molecule has 6 heteroatoms. The monoisotopic (exact) mass is 244 g/mol. The van der Waals surface area contributed by atoms with E-state index >= 15 is 0 Å². The second-order valence-electron chi connectivity index (χ2n) is 3.73. The molecule has 3 rings (SSSR count). The molecule has 0 unspecified atom stereocenters. The highest BCUT2D eigenvalue weighted by atomic mass is 16.6. The Hall–Kier alpha value is -2.76. The number of hydrogen-bond acceptors (Lipinski definition) is 5. The van der Waals surface area contributed by atoms with Gasteiger partial charge in [-0.05, 0) is 18.2 Å². The Bertz CT molecular complexity index is 655. The number of nitrogens with two attached hydrogens (primary N) is 1. The Kier molecular flexibility index (Phi) is 2.09. The normalized spacial score (nSPS) is 11.8. The van der Waals surface area contributed by atoms with Crippen LogP contribution in [0, 0.1) is 10.1 Å². The Morgan fingerprint density at radius 1 is 1.00 bits per heavy atom. The first kappa shape index (κ1) is 10.4. The van der Waals surface area contributed by atoms with Crippen molar-refractivity contribution in [3.63, 3.8) is 0 Å². The lowest BCUT2D eigenvalue weighted by Crippen LogP contribution is -2.04. The van der Waals surface area contributed by atoms with E-state index in [1.54, 1.807) is 18.2 Å². The molecular formula is C12H8N2O4. The third-order valence-corrected chi connectivity index (χ3v) is 2.61. The second kappa shape index (κ2) is 3.63. The molecule has 1 heterocycles. The Morgan fingerprint density at radius 2 is 1.67 bits per heavy atom. The molecule has 18 heavy (non-hydrogen) atoms. The summed E-state index contributed by atoms with van der Waals surface area (Å²) < 4.78 is 11.1. The Labute approximate surface area is 102 Å². The fourth-order valence-corrected chi connectivity index (χ4v) is 1.76. The first-order valence-corrected chi connectivity index (χ1v) is 5.18. The average molecular weight is 244 g/mol. The van der Waals surface area contributed by atoms with Crippen LogP contribution in [0.25, 0.3) is 0 Å². The molecule has 0 saturated carbocycles. The summed E-state index contributed by atoms with van der Waals surface area (Å²) in [5.41, 5.74) is 5.48. The van der Waals surface area contributed by atoms with Gasteiger partial charge in [0.2, 0.25) is 0 Å². The molecule has 2 N–H and O–H groups in total. The molecule has 1 aliphatic heterocycles. The smallest absolute Gasteiger partial charge is 0.296 e. The molecule has 0 bridgehead atoms. The fourth-order valence-electron chi connectivity index (χ4n) is 1.76. The van der Waals surface area contributed by atoms with Gasteiger partial charge in [0.25, 0.3) is 5.69 Å². The summed E-state index contributed by atoms with van der Waals surface area (Å²) in [6.45, 7) is 0. The summed E-state index contributed by atoms with van der Waals surface area (Å²) in [7, 11) is 0. The maximum absolute atomic E-state index is 10.8. The van der Waals surface area contributed by atoms with Gasteiger partial charge in [-0.15, -0.1) is 0 Å². The van der Waals surface area contributed by atoms with Crippen LogP contribution in [0.1, 0.15) is 0 Å². The minimum absolute atomic E-state index is 0.0352. The summed E-state index contributed by atoms with van der Waals surface area (Å²) >= 11 is 0. The number of ether oxygens (including phenoxy) is 2. The molecule has 0 atom stereocenters. The van der Waals surface area contributed by atoms with Crippen LogP contribution < -0.4 is 15.2 Å². The number of nitrogen functional groups attached to an aromatic ring is 1. The molecule has 90 valence electrons. The summed E-state index contributed by atoms with van der Waals surface area (Å²) in [4.78, 5) is 10.2. The van der Waals surface area contributed by atoms with Gasteiger partial charge in [0, 0.05) is 6.07 Å². The zero-order valence-corrected chi connectivity index (χ0v) is 9.12. The number of nitro benzene ring substituents is 1. The molecule has 2 aromatic rings. The highest BCUT2D eigenvalue weighted by molar-refractivity contribution is 5.74. The van der Waals surface area contributed by atoms with Gasteiger partial charge in [-0.3, -0.25) is 10.1 Å². The van der Waals surface area contributed by atoms with Crippen molar-refractivity contribution in [3.05, 3.63) is 46.5 Å². The lowest BCUT2D eigenvalue weighted by molar-refractivity contribution is -0.384. The van der Waals surface area contributed by atoms with E-state index in [0.29, 0.717) is 17.2 Å². The van der Waals surface area contributed by atoms with E-state index in [9.17, 15) is 10.1 Å². The Balaban J connectivity index is 2.14. The van der Waals surface area contributed by atoms with Crippen LogP contribution in [0.4, 0.5) is 11.4 Å². The van der Waals surface area contributed by atoms with Crippen LogP contribution in [-0.4, -0.2) is 4.92 Å². The van der Waals surface area contributed by atoms with Gasteiger partial charge in [0.05, 0.1) is 4.92 Å². The zero-order chi connectivity index (χ0) is 12.7. The van der Waals surface area contributed by atoms with Gasteiger partial charge in [-0.1, -0.05) is 12.1 Å². The lowest BCUT2D eigenvalue weighted by atomic mass is 10.2. The van der Waals surface area contributed by atoms with Gasteiger partial charge >= 0.3 is 0 Å². The van der Waals surface area contributed by atoms with E-state index < -0.39 is 4.92 Å². The van der Waals surface area contributed by atoms with Gasteiger partial charge in [-0.25, -0.2) is 0 Å². The van der Waals surface area contributed by atoms with Gasteiger partial charge in [-0.2, -0.15) is 0 Å². The van der Waals surface area contributed by atoms with Crippen molar-refractivity contribution in [3.8, 4) is 23.0 Å². The van der Waals surface area contributed by atoms with Crippen LogP contribution in [0.3, 0.4) is 0 Å². The van der Waals surface area contributed by atoms with Crippen molar-refractivity contribution in [2.45, 2.75) is 0 Å². The minimum Gasteiger partial charge on any atom is -0.449 e. The molecule has 6 nitrogen and oxygen atoms in total. The topological polar surface area (TPSA) is 87.6 Å². The summed E-state index contributed by atoms with van der Waals surface area (Å²) in [5, 5.41) is 10.8. The first-order chi connectivity index (χ1) is 8.66. The van der Waals surface area contributed by atoms with E-state index in [1.807, 2.05) is 6.07 Å². The molecule has 0 amide bonds. The van der Waals surface area contributed by atoms with Crippen molar-refractivity contribution in [1.29, 1.82) is 0 Å². The lowest BCUT2D eigenvalue weighted by Gasteiger charge is -2.21. The van der Waals surface area contributed by atoms with E-state index in [-0.39, 0.29) is 17.1 Å². The van der Waals surface area contributed by atoms with Crippen LogP contribution >= 0.6 is 0 Å². The molecule has 1 aliphatic rings. The number of anilines is 1. The van der Waals surface area contributed by atoms with Gasteiger partial charge in [0.1, 0.15) is 0 Å². The molecule has 0 spiro atoms. The van der Waals surface area contributed by atoms with Gasteiger partial charge < -0.3 is 15.2 Å². The third kappa shape index (κ3) is 1.43. The van der Waals surface area contributed by atoms with Crippen LogP contribution in [0.15, 0.2) is 36.4 Å². The van der Waals surface area contributed by atoms with Crippen LogP contribution in [0.5, 0.6) is 23.0 Å². The Morgan fingerprint density at radius 3 is 2.33 bits per heavy atom. The highest BCUT2D eigenvalue weighted by Crippen LogP contribution is 2.50.